The van der Waals surface area contributed by atoms with E-state index in [0.29, 0.717) is 12.3 Å². The Morgan fingerprint density at radius 3 is 2.34 bits per heavy atom. The Morgan fingerprint density at radius 1 is 1.09 bits per heavy atom. The molecule has 1 unspecified atom stereocenters. The number of hydrogen-bond donors (Lipinski definition) is 1. The van der Waals surface area contributed by atoms with E-state index in [1.54, 1.807) is 19.0 Å². The number of alkyl halides is 3. The number of benzene rings is 2. The van der Waals surface area contributed by atoms with E-state index < -0.39 is 24.0 Å². The number of amides is 2. The van der Waals surface area contributed by atoms with Gasteiger partial charge in [0.15, 0.2) is 12.0 Å². The van der Waals surface area contributed by atoms with Gasteiger partial charge in [0.1, 0.15) is 5.75 Å². The molecule has 0 aromatic heterocycles. The molecule has 1 aliphatic rings. The molecule has 32 heavy (non-hydrogen) atoms. The molecule has 1 N–H and O–H groups in total. The van der Waals surface area contributed by atoms with Crippen molar-refractivity contribution in [2.75, 3.05) is 39.1 Å². The molecule has 1 saturated heterocycles. The molecule has 0 bridgehead atoms. The molecular formula is C23H26F3N3O3. The highest BCUT2D eigenvalue weighted by atomic mass is 19.4. The largest absolute Gasteiger partial charge is 0.484 e. The van der Waals surface area contributed by atoms with Gasteiger partial charge in [-0.3, -0.25) is 14.5 Å². The topological polar surface area (TPSA) is 61.9 Å². The molecule has 6 nitrogen and oxygen atoms in total. The zero-order valence-corrected chi connectivity index (χ0v) is 18.0. The van der Waals surface area contributed by atoms with E-state index in [9.17, 15) is 22.8 Å². The summed E-state index contributed by atoms with van der Waals surface area (Å²) in [5, 5.41) is 2.41. The molecule has 0 spiro atoms. The molecule has 1 heterocycles. The van der Waals surface area contributed by atoms with Crippen molar-refractivity contribution >= 4 is 17.5 Å². The summed E-state index contributed by atoms with van der Waals surface area (Å²) in [5.41, 5.74) is -1.35. The second-order valence-electron chi connectivity index (χ2n) is 8.08. The molecule has 1 aliphatic heterocycles. The summed E-state index contributed by atoms with van der Waals surface area (Å²) in [6.45, 7) is -0.0314. The third-order valence-corrected chi connectivity index (χ3v) is 5.55. The number of ether oxygens (including phenoxy) is 1. The zero-order valence-electron chi connectivity index (χ0n) is 18.0. The highest BCUT2D eigenvalue weighted by Crippen LogP contribution is 2.46. The van der Waals surface area contributed by atoms with Gasteiger partial charge in [0.05, 0.1) is 0 Å². The second-order valence-corrected chi connectivity index (χ2v) is 8.08. The van der Waals surface area contributed by atoms with Crippen LogP contribution >= 0.6 is 0 Å². The van der Waals surface area contributed by atoms with Crippen LogP contribution in [0.2, 0.25) is 0 Å². The highest BCUT2D eigenvalue weighted by molar-refractivity contribution is 5.96. The Kier molecular flexibility index (Phi) is 7.08. The zero-order chi connectivity index (χ0) is 23.4. The lowest BCUT2D eigenvalue weighted by molar-refractivity contribution is -0.215. The molecule has 172 valence electrons. The monoisotopic (exact) mass is 449 g/mol. The summed E-state index contributed by atoms with van der Waals surface area (Å²) in [7, 11) is 3.20. The van der Waals surface area contributed by atoms with E-state index >= 15 is 0 Å². The number of likely N-dealkylation sites (tertiary alicyclic amines) is 1. The minimum Gasteiger partial charge on any atom is -0.484 e. The number of carbonyl (C=O) groups is 2. The number of halogens is 3. The Balaban J connectivity index is 1.66. The summed E-state index contributed by atoms with van der Waals surface area (Å²) < 4.78 is 47.5. The highest BCUT2D eigenvalue weighted by Gasteiger charge is 2.62. The second kappa shape index (κ2) is 9.60. The summed E-state index contributed by atoms with van der Waals surface area (Å²) in [5.74, 6) is -0.925. The van der Waals surface area contributed by atoms with E-state index in [4.69, 9.17) is 4.74 Å². The standard InChI is InChI=1S/C23H26F3N3O3/c1-28(2)20(30)15-32-19-10-8-18(9-11-19)27-21(31)22(23(24,25)26)12-13-29(16-22)14-17-6-4-3-5-7-17/h3-11H,12-16H2,1-2H3,(H,27,31). The maximum atomic E-state index is 14.0. The van der Waals surface area contributed by atoms with E-state index in [1.165, 1.54) is 29.2 Å². The number of hydrogen-bond acceptors (Lipinski definition) is 4. The van der Waals surface area contributed by atoms with Gasteiger partial charge < -0.3 is 15.0 Å². The maximum absolute atomic E-state index is 14.0. The average Bonchev–Trinajstić information content (AvgIpc) is 3.19. The summed E-state index contributed by atoms with van der Waals surface area (Å²) in [6, 6.07) is 15.1. The Morgan fingerprint density at radius 2 is 1.75 bits per heavy atom. The lowest BCUT2D eigenvalue weighted by Gasteiger charge is -2.30. The van der Waals surface area contributed by atoms with Crippen molar-refractivity contribution in [3.63, 3.8) is 0 Å². The fraction of sp³-hybridized carbons (Fsp3) is 0.391. The average molecular weight is 449 g/mol. The maximum Gasteiger partial charge on any atom is 0.404 e. The molecule has 0 radical (unpaired) electrons. The van der Waals surface area contributed by atoms with Crippen LogP contribution in [0, 0.1) is 5.41 Å². The van der Waals surface area contributed by atoms with Crippen LogP contribution in [0.1, 0.15) is 12.0 Å². The third-order valence-electron chi connectivity index (χ3n) is 5.55. The van der Waals surface area contributed by atoms with Crippen molar-refractivity contribution in [3.05, 3.63) is 60.2 Å². The molecular weight excluding hydrogens is 423 g/mol. The molecule has 1 atom stereocenters. The van der Waals surface area contributed by atoms with E-state index in [0.717, 1.165) is 5.56 Å². The van der Waals surface area contributed by atoms with Crippen molar-refractivity contribution < 1.29 is 27.5 Å². The van der Waals surface area contributed by atoms with Crippen LogP contribution in [-0.2, 0) is 16.1 Å². The first-order valence-corrected chi connectivity index (χ1v) is 10.2. The van der Waals surface area contributed by atoms with Crippen molar-refractivity contribution in [3.8, 4) is 5.75 Å². The molecule has 0 saturated carbocycles. The molecule has 2 amide bonds. The van der Waals surface area contributed by atoms with Crippen molar-refractivity contribution in [1.82, 2.24) is 9.80 Å². The van der Waals surface area contributed by atoms with Crippen LogP contribution in [0.4, 0.5) is 18.9 Å². The number of carbonyl (C=O) groups excluding carboxylic acids is 2. The quantitative estimate of drug-likeness (QED) is 0.703. The van der Waals surface area contributed by atoms with Gasteiger partial charge in [-0.25, -0.2) is 0 Å². The van der Waals surface area contributed by atoms with Crippen LogP contribution < -0.4 is 10.1 Å². The van der Waals surface area contributed by atoms with Crippen LogP contribution in [0.25, 0.3) is 0 Å². The van der Waals surface area contributed by atoms with Gasteiger partial charge in [-0.15, -0.1) is 0 Å². The van der Waals surface area contributed by atoms with Crippen LogP contribution in [0.3, 0.4) is 0 Å². The lowest BCUT2D eigenvalue weighted by Crippen LogP contribution is -2.49. The predicted octanol–water partition coefficient (Wildman–Crippen LogP) is 3.55. The van der Waals surface area contributed by atoms with Crippen LogP contribution in [0.5, 0.6) is 5.75 Å². The van der Waals surface area contributed by atoms with Crippen LogP contribution in [-0.4, -0.2) is 61.6 Å². The van der Waals surface area contributed by atoms with Crippen molar-refractivity contribution in [2.45, 2.75) is 19.1 Å². The molecule has 2 aromatic carbocycles. The summed E-state index contributed by atoms with van der Waals surface area (Å²) in [6.07, 6.45) is -4.98. The van der Waals surface area contributed by atoms with Gasteiger partial charge in [-0.05, 0) is 42.8 Å². The predicted molar refractivity (Wildman–Crippen MR) is 114 cm³/mol. The Bertz CT molecular complexity index is 933. The molecule has 2 aromatic rings. The minimum atomic E-state index is -4.68. The number of likely N-dealkylation sites (N-methyl/N-ethyl adjacent to an activating group) is 1. The summed E-state index contributed by atoms with van der Waals surface area (Å²) >= 11 is 0. The van der Waals surface area contributed by atoms with E-state index in [1.807, 2.05) is 30.3 Å². The van der Waals surface area contributed by atoms with Gasteiger partial charge in [-0.1, -0.05) is 30.3 Å². The van der Waals surface area contributed by atoms with Gasteiger partial charge in [-0.2, -0.15) is 13.2 Å². The van der Waals surface area contributed by atoms with Gasteiger partial charge in [0.2, 0.25) is 5.91 Å². The van der Waals surface area contributed by atoms with E-state index in [2.05, 4.69) is 5.32 Å². The van der Waals surface area contributed by atoms with Crippen molar-refractivity contribution in [1.29, 1.82) is 0 Å². The lowest BCUT2D eigenvalue weighted by atomic mass is 9.85. The van der Waals surface area contributed by atoms with Gasteiger partial charge in [0.25, 0.3) is 5.91 Å². The number of rotatable bonds is 7. The van der Waals surface area contributed by atoms with Gasteiger partial charge in [0, 0.05) is 32.9 Å². The first kappa shape index (κ1) is 23.6. The van der Waals surface area contributed by atoms with Crippen molar-refractivity contribution in [2.24, 2.45) is 5.41 Å². The first-order chi connectivity index (χ1) is 15.1. The number of nitrogens with one attached hydrogen (secondary N) is 1. The first-order valence-electron chi connectivity index (χ1n) is 10.2. The number of nitrogens with zero attached hydrogens (tertiary/aromatic N) is 2. The van der Waals surface area contributed by atoms with Crippen LogP contribution in [0.15, 0.2) is 54.6 Å². The fourth-order valence-electron chi connectivity index (χ4n) is 3.57. The fourth-order valence-corrected chi connectivity index (χ4v) is 3.57. The smallest absolute Gasteiger partial charge is 0.404 e. The summed E-state index contributed by atoms with van der Waals surface area (Å²) in [4.78, 5) is 27.4. The third kappa shape index (κ3) is 5.40. The minimum absolute atomic E-state index is 0.160. The van der Waals surface area contributed by atoms with E-state index in [-0.39, 0.29) is 31.2 Å². The molecule has 1 fully saturated rings. The van der Waals surface area contributed by atoms with Gasteiger partial charge >= 0.3 is 6.18 Å². The molecule has 0 aliphatic carbocycles. The number of anilines is 1. The normalized spacial score (nSPS) is 18.9. The Labute approximate surface area is 184 Å². The Hall–Kier alpha value is -3.07. The molecule has 9 heteroatoms. The molecule has 3 rings (SSSR count). The SMILES string of the molecule is CN(C)C(=O)COc1ccc(NC(=O)C2(C(F)(F)F)CCN(Cc3ccccc3)C2)cc1.